The first kappa shape index (κ1) is 21.1. The molecule has 2 saturated heterocycles. The molecule has 6 heteroatoms. The third kappa shape index (κ3) is 5.46. The Kier molecular flexibility index (Phi) is 7.71. The van der Waals surface area contributed by atoms with Crippen LogP contribution in [0.1, 0.15) is 37.8 Å². The molecule has 0 amide bonds. The second kappa shape index (κ2) is 10.2. The molecular formula is C22H36N4O2. The van der Waals surface area contributed by atoms with Crippen LogP contribution in [0.3, 0.4) is 0 Å². The van der Waals surface area contributed by atoms with Crippen molar-refractivity contribution in [2.45, 2.75) is 58.0 Å². The van der Waals surface area contributed by atoms with E-state index in [4.69, 9.17) is 9.47 Å². The van der Waals surface area contributed by atoms with Gasteiger partial charge in [-0.2, -0.15) is 0 Å². The van der Waals surface area contributed by atoms with Gasteiger partial charge in [-0.1, -0.05) is 24.3 Å². The maximum absolute atomic E-state index is 5.98. The molecule has 0 spiro atoms. The number of aliphatic imine (C=N–C) groups is 1. The number of guanidine groups is 1. The Bertz CT molecular complexity index is 643. The van der Waals surface area contributed by atoms with E-state index in [-0.39, 0.29) is 12.2 Å². The first-order valence-corrected chi connectivity index (χ1v) is 10.5. The lowest BCUT2D eigenvalue weighted by Crippen LogP contribution is -2.53. The molecule has 3 rings (SSSR count). The van der Waals surface area contributed by atoms with E-state index < -0.39 is 0 Å². The molecule has 2 heterocycles. The van der Waals surface area contributed by atoms with Crippen molar-refractivity contribution in [3.63, 3.8) is 0 Å². The third-order valence-corrected chi connectivity index (χ3v) is 5.84. The van der Waals surface area contributed by atoms with Gasteiger partial charge in [0.1, 0.15) is 6.10 Å². The van der Waals surface area contributed by atoms with Gasteiger partial charge < -0.3 is 19.7 Å². The molecule has 0 saturated carbocycles. The van der Waals surface area contributed by atoms with Crippen LogP contribution < -0.4 is 5.32 Å². The second-order valence-corrected chi connectivity index (χ2v) is 8.09. The molecule has 1 N–H and O–H groups in total. The summed E-state index contributed by atoms with van der Waals surface area (Å²) < 4.78 is 11.8. The first-order chi connectivity index (χ1) is 13.6. The van der Waals surface area contributed by atoms with Crippen molar-refractivity contribution in [1.29, 1.82) is 0 Å². The van der Waals surface area contributed by atoms with Gasteiger partial charge in [-0.15, -0.1) is 0 Å². The predicted molar refractivity (Wildman–Crippen MR) is 114 cm³/mol. The fourth-order valence-corrected chi connectivity index (χ4v) is 3.83. The summed E-state index contributed by atoms with van der Waals surface area (Å²) in [6.45, 7) is 9.46. The highest BCUT2D eigenvalue weighted by atomic mass is 16.5. The molecule has 2 fully saturated rings. The average molecular weight is 389 g/mol. The first-order valence-electron chi connectivity index (χ1n) is 10.5. The van der Waals surface area contributed by atoms with E-state index in [2.05, 4.69) is 65.3 Å². The van der Waals surface area contributed by atoms with Crippen molar-refractivity contribution in [1.82, 2.24) is 15.1 Å². The quantitative estimate of drug-likeness (QED) is 0.599. The third-order valence-electron chi connectivity index (χ3n) is 5.84. The lowest BCUT2D eigenvalue weighted by atomic mass is 10.1. The summed E-state index contributed by atoms with van der Waals surface area (Å²) in [4.78, 5) is 9.20. The molecule has 2 atom stereocenters. The fourth-order valence-electron chi connectivity index (χ4n) is 3.83. The summed E-state index contributed by atoms with van der Waals surface area (Å²) in [7, 11) is 4.03. The zero-order valence-corrected chi connectivity index (χ0v) is 17.9. The van der Waals surface area contributed by atoms with Gasteiger partial charge in [-0.25, -0.2) is 0 Å². The van der Waals surface area contributed by atoms with Gasteiger partial charge in [-0.3, -0.25) is 9.89 Å². The minimum absolute atomic E-state index is 0.141. The standard InChI is InChI=1S/C22H36N4O2/c1-17(2)25(4)15-19-9-6-5-8-18(19)14-24-22(23-3)26-11-13-28-21(16-26)20-10-7-12-27-20/h5-6,8-9,17,20-21H,7,10-16H2,1-4H3,(H,23,24). The topological polar surface area (TPSA) is 49.3 Å². The molecule has 2 unspecified atom stereocenters. The van der Waals surface area contributed by atoms with Crippen molar-refractivity contribution >= 4 is 5.96 Å². The van der Waals surface area contributed by atoms with Crippen molar-refractivity contribution in [2.24, 2.45) is 4.99 Å². The Morgan fingerprint density at radius 1 is 1.21 bits per heavy atom. The molecule has 6 nitrogen and oxygen atoms in total. The molecule has 2 aliphatic heterocycles. The van der Waals surface area contributed by atoms with Crippen LogP contribution in [-0.4, -0.2) is 74.4 Å². The van der Waals surface area contributed by atoms with E-state index in [1.54, 1.807) is 0 Å². The van der Waals surface area contributed by atoms with Crippen LogP contribution in [-0.2, 0) is 22.6 Å². The van der Waals surface area contributed by atoms with E-state index in [1.165, 1.54) is 11.1 Å². The lowest BCUT2D eigenvalue weighted by molar-refractivity contribution is -0.0817. The number of nitrogens with one attached hydrogen (secondary N) is 1. The summed E-state index contributed by atoms with van der Waals surface area (Å²) in [5, 5.41) is 3.57. The number of nitrogens with zero attached hydrogens (tertiary/aromatic N) is 3. The number of benzene rings is 1. The highest BCUT2D eigenvalue weighted by Crippen LogP contribution is 2.21. The van der Waals surface area contributed by atoms with E-state index in [0.29, 0.717) is 6.04 Å². The lowest BCUT2D eigenvalue weighted by Gasteiger charge is -2.37. The monoisotopic (exact) mass is 388 g/mol. The SMILES string of the molecule is CN=C(NCc1ccccc1CN(C)C(C)C)N1CCOC(C2CCCO2)C1. The number of ether oxygens (including phenoxy) is 2. The van der Waals surface area contributed by atoms with Gasteiger partial charge in [0.2, 0.25) is 0 Å². The van der Waals surface area contributed by atoms with Gasteiger partial charge >= 0.3 is 0 Å². The minimum atomic E-state index is 0.141. The Morgan fingerprint density at radius 3 is 2.64 bits per heavy atom. The van der Waals surface area contributed by atoms with Gasteiger partial charge in [0.15, 0.2) is 5.96 Å². The van der Waals surface area contributed by atoms with Gasteiger partial charge in [-0.05, 0) is 44.9 Å². The van der Waals surface area contributed by atoms with Crippen molar-refractivity contribution in [2.75, 3.05) is 40.4 Å². The van der Waals surface area contributed by atoms with E-state index in [0.717, 1.165) is 58.2 Å². The summed E-state index contributed by atoms with van der Waals surface area (Å²) >= 11 is 0. The average Bonchev–Trinajstić information content (AvgIpc) is 3.24. The number of morpholine rings is 1. The maximum Gasteiger partial charge on any atom is 0.194 e. The Hall–Kier alpha value is -1.63. The molecule has 2 aliphatic rings. The van der Waals surface area contributed by atoms with Crippen molar-refractivity contribution < 1.29 is 9.47 Å². The minimum Gasteiger partial charge on any atom is -0.375 e. The molecule has 1 aromatic carbocycles. The van der Waals surface area contributed by atoms with E-state index in [9.17, 15) is 0 Å². The zero-order chi connectivity index (χ0) is 19.9. The van der Waals surface area contributed by atoms with Crippen molar-refractivity contribution in [3.05, 3.63) is 35.4 Å². The molecule has 156 valence electrons. The highest BCUT2D eigenvalue weighted by molar-refractivity contribution is 5.80. The number of hydrogen-bond acceptors (Lipinski definition) is 4. The van der Waals surface area contributed by atoms with Gasteiger partial charge in [0.05, 0.1) is 12.7 Å². The molecule has 0 aliphatic carbocycles. The van der Waals surface area contributed by atoms with Crippen LogP contribution in [0.2, 0.25) is 0 Å². The van der Waals surface area contributed by atoms with E-state index >= 15 is 0 Å². The van der Waals surface area contributed by atoms with Crippen LogP contribution in [0.15, 0.2) is 29.3 Å². The van der Waals surface area contributed by atoms with Gasteiger partial charge in [0.25, 0.3) is 0 Å². The van der Waals surface area contributed by atoms with E-state index in [1.807, 2.05) is 7.05 Å². The predicted octanol–water partition coefficient (Wildman–Crippen LogP) is 2.48. The molecule has 1 aromatic rings. The Balaban J connectivity index is 1.60. The molecular weight excluding hydrogens is 352 g/mol. The van der Waals surface area contributed by atoms with Crippen LogP contribution >= 0.6 is 0 Å². The normalized spacial score (nSPS) is 23.6. The van der Waals surface area contributed by atoms with Crippen LogP contribution in [0, 0.1) is 0 Å². The van der Waals surface area contributed by atoms with Crippen LogP contribution in [0.5, 0.6) is 0 Å². The highest BCUT2D eigenvalue weighted by Gasteiger charge is 2.32. The Labute approximate surface area is 169 Å². The molecule has 0 aromatic heterocycles. The molecule has 28 heavy (non-hydrogen) atoms. The summed E-state index contributed by atoms with van der Waals surface area (Å²) in [5.74, 6) is 0.943. The van der Waals surface area contributed by atoms with Crippen LogP contribution in [0.25, 0.3) is 0 Å². The largest absolute Gasteiger partial charge is 0.375 e. The Morgan fingerprint density at radius 2 is 1.96 bits per heavy atom. The maximum atomic E-state index is 5.98. The van der Waals surface area contributed by atoms with Crippen LogP contribution in [0.4, 0.5) is 0 Å². The molecule has 0 bridgehead atoms. The second-order valence-electron chi connectivity index (χ2n) is 8.09. The number of rotatable bonds is 6. The summed E-state index contributed by atoms with van der Waals surface area (Å²) in [6, 6.07) is 9.19. The smallest absolute Gasteiger partial charge is 0.194 e. The molecule has 0 radical (unpaired) electrons. The summed E-state index contributed by atoms with van der Waals surface area (Å²) in [5.41, 5.74) is 2.68. The van der Waals surface area contributed by atoms with Crippen molar-refractivity contribution in [3.8, 4) is 0 Å². The summed E-state index contributed by atoms with van der Waals surface area (Å²) in [6.07, 6.45) is 2.61. The zero-order valence-electron chi connectivity index (χ0n) is 17.9. The fraction of sp³-hybridized carbons (Fsp3) is 0.682. The van der Waals surface area contributed by atoms with Gasteiger partial charge in [0, 0.05) is 45.9 Å². The number of hydrogen-bond donors (Lipinski definition) is 1.